The van der Waals surface area contributed by atoms with Crippen molar-refractivity contribution in [3.63, 3.8) is 0 Å². The predicted molar refractivity (Wildman–Crippen MR) is 140 cm³/mol. The van der Waals surface area contributed by atoms with Gasteiger partial charge in [0.05, 0.1) is 6.20 Å². The Morgan fingerprint density at radius 1 is 1.00 bits per heavy atom. The van der Waals surface area contributed by atoms with E-state index in [0.29, 0.717) is 17.2 Å². The molecule has 0 bridgehead atoms. The highest BCUT2D eigenvalue weighted by molar-refractivity contribution is 6.09. The summed E-state index contributed by atoms with van der Waals surface area (Å²) in [5, 5.41) is 13.1. The number of benzene rings is 2. The number of amides is 2. The highest BCUT2D eigenvalue weighted by Crippen LogP contribution is 2.32. The van der Waals surface area contributed by atoms with Gasteiger partial charge in [0, 0.05) is 24.1 Å². The zero-order valence-corrected chi connectivity index (χ0v) is 20.9. The van der Waals surface area contributed by atoms with Crippen molar-refractivity contribution in [1.29, 1.82) is 0 Å². The van der Waals surface area contributed by atoms with Gasteiger partial charge in [0.1, 0.15) is 17.5 Å². The van der Waals surface area contributed by atoms with Gasteiger partial charge < -0.3 is 10.4 Å². The summed E-state index contributed by atoms with van der Waals surface area (Å²) in [5.41, 5.74) is 2.51. The summed E-state index contributed by atoms with van der Waals surface area (Å²) in [7, 11) is 0. The highest BCUT2D eigenvalue weighted by atomic mass is 16.3. The molecule has 36 heavy (non-hydrogen) atoms. The van der Waals surface area contributed by atoms with Crippen LogP contribution in [0.5, 0.6) is 5.75 Å². The molecule has 0 spiro atoms. The second kappa shape index (κ2) is 11.8. The Morgan fingerprint density at radius 2 is 1.67 bits per heavy atom. The third kappa shape index (κ3) is 5.90. The summed E-state index contributed by atoms with van der Waals surface area (Å²) in [6, 6.07) is 13.4. The summed E-state index contributed by atoms with van der Waals surface area (Å²) in [6.45, 7) is 4.30. The summed E-state index contributed by atoms with van der Waals surface area (Å²) >= 11 is 0. The number of aromatic nitrogens is 2. The van der Waals surface area contributed by atoms with Crippen LogP contribution in [0.4, 0.5) is 5.69 Å². The molecule has 7 nitrogen and oxygen atoms in total. The van der Waals surface area contributed by atoms with Crippen LogP contribution >= 0.6 is 0 Å². The van der Waals surface area contributed by atoms with Gasteiger partial charge in [-0.2, -0.15) is 0 Å². The van der Waals surface area contributed by atoms with Crippen molar-refractivity contribution in [2.45, 2.75) is 70.4 Å². The van der Waals surface area contributed by atoms with Crippen LogP contribution in [0.1, 0.15) is 85.9 Å². The van der Waals surface area contributed by atoms with Gasteiger partial charge in [-0.1, -0.05) is 57.4 Å². The molecule has 2 amide bonds. The Labute approximate surface area is 212 Å². The number of hydrogen-bond acceptors (Lipinski definition) is 5. The predicted octanol–water partition coefficient (Wildman–Crippen LogP) is 5.53. The maximum Gasteiger partial charge on any atom is 0.279 e. The average molecular weight is 487 g/mol. The van der Waals surface area contributed by atoms with E-state index in [0.717, 1.165) is 32.1 Å². The first-order valence-corrected chi connectivity index (χ1v) is 12.8. The number of rotatable bonds is 8. The third-order valence-electron chi connectivity index (χ3n) is 7.02. The van der Waals surface area contributed by atoms with Gasteiger partial charge in [-0.15, -0.1) is 0 Å². The second-order valence-electron chi connectivity index (χ2n) is 9.50. The minimum Gasteiger partial charge on any atom is -0.508 e. The Kier molecular flexibility index (Phi) is 8.31. The van der Waals surface area contributed by atoms with Crippen LogP contribution in [0.15, 0.2) is 67.1 Å². The number of phenols is 1. The summed E-state index contributed by atoms with van der Waals surface area (Å²) < 4.78 is 0. The molecule has 1 aromatic heterocycles. The number of nitrogens with zero attached hydrogens (tertiary/aromatic N) is 3. The number of carbonyl (C=O) groups excluding carboxylic acids is 2. The molecule has 1 saturated carbocycles. The Hall–Kier alpha value is -3.74. The van der Waals surface area contributed by atoms with Gasteiger partial charge in [-0.25, -0.2) is 4.98 Å². The van der Waals surface area contributed by atoms with Crippen molar-refractivity contribution in [3.05, 3.63) is 83.9 Å². The lowest BCUT2D eigenvalue weighted by Crippen LogP contribution is -2.47. The highest BCUT2D eigenvalue weighted by Gasteiger charge is 2.35. The van der Waals surface area contributed by atoms with E-state index in [1.165, 1.54) is 47.6 Å². The van der Waals surface area contributed by atoms with Crippen molar-refractivity contribution in [2.24, 2.45) is 0 Å². The molecule has 2 aromatic carbocycles. The first-order valence-electron chi connectivity index (χ1n) is 12.8. The normalized spacial score (nSPS) is 15.6. The van der Waals surface area contributed by atoms with E-state index >= 15 is 0 Å². The summed E-state index contributed by atoms with van der Waals surface area (Å²) in [5.74, 6) is -0.201. The Morgan fingerprint density at radius 3 is 2.28 bits per heavy atom. The van der Waals surface area contributed by atoms with Gasteiger partial charge in [-0.05, 0) is 60.6 Å². The minimum absolute atomic E-state index is 0.0760. The van der Waals surface area contributed by atoms with Gasteiger partial charge in [-0.3, -0.25) is 19.5 Å². The van der Waals surface area contributed by atoms with E-state index in [2.05, 4.69) is 29.1 Å². The molecule has 0 unspecified atom stereocenters. The molecule has 0 aliphatic heterocycles. The first-order chi connectivity index (χ1) is 17.5. The van der Waals surface area contributed by atoms with Crippen molar-refractivity contribution in [1.82, 2.24) is 15.3 Å². The van der Waals surface area contributed by atoms with Gasteiger partial charge in [0.2, 0.25) is 5.91 Å². The number of nitrogens with one attached hydrogen (secondary N) is 1. The maximum atomic E-state index is 13.9. The van der Waals surface area contributed by atoms with Crippen LogP contribution in [0, 0.1) is 0 Å². The van der Waals surface area contributed by atoms with E-state index < -0.39 is 11.9 Å². The fourth-order valence-electron chi connectivity index (χ4n) is 4.72. The molecule has 3 aromatic rings. The van der Waals surface area contributed by atoms with Crippen molar-refractivity contribution in [3.8, 4) is 5.75 Å². The largest absolute Gasteiger partial charge is 0.508 e. The van der Waals surface area contributed by atoms with Crippen LogP contribution in [-0.2, 0) is 4.79 Å². The molecule has 1 heterocycles. The lowest BCUT2D eigenvalue weighted by atomic mass is 9.94. The van der Waals surface area contributed by atoms with Crippen LogP contribution in [0.25, 0.3) is 0 Å². The number of aromatic hydroxyl groups is 1. The molecular weight excluding hydrogens is 452 g/mol. The number of anilines is 1. The summed E-state index contributed by atoms with van der Waals surface area (Å²) in [6.07, 6.45) is 10.6. The van der Waals surface area contributed by atoms with E-state index in [9.17, 15) is 14.7 Å². The Balaban J connectivity index is 1.79. The van der Waals surface area contributed by atoms with E-state index in [4.69, 9.17) is 0 Å². The zero-order chi connectivity index (χ0) is 25.5. The van der Waals surface area contributed by atoms with Crippen molar-refractivity contribution in [2.75, 3.05) is 4.90 Å². The fraction of sp³-hybridized carbons (Fsp3) is 0.379. The van der Waals surface area contributed by atoms with Crippen LogP contribution < -0.4 is 10.2 Å². The molecule has 2 atom stereocenters. The van der Waals surface area contributed by atoms with Crippen LogP contribution in [0.2, 0.25) is 0 Å². The maximum absolute atomic E-state index is 13.9. The lowest BCUT2D eigenvalue weighted by Gasteiger charge is -2.33. The zero-order valence-electron chi connectivity index (χ0n) is 20.9. The van der Waals surface area contributed by atoms with Crippen LogP contribution in [-0.4, -0.2) is 32.9 Å². The molecule has 1 aliphatic carbocycles. The topological polar surface area (TPSA) is 95.4 Å². The number of carbonyl (C=O) groups is 2. The molecule has 0 radical (unpaired) electrons. The minimum atomic E-state index is -0.948. The van der Waals surface area contributed by atoms with E-state index in [1.807, 2.05) is 24.3 Å². The average Bonchev–Trinajstić information content (AvgIpc) is 2.92. The van der Waals surface area contributed by atoms with E-state index in [1.54, 1.807) is 12.1 Å². The molecule has 4 rings (SSSR count). The molecule has 0 saturated heterocycles. The van der Waals surface area contributed by atoms with Gasteiger partial charge in [0.25, 0.3) is 5.91 Å². The molecule has 188 valence electrons. The standard InChI is InChI=1S/C29H34N4O3/c1-3-20(2)21-9-13-24(14-10-21)33(29(36)26-19-30-17-18-31-26)27(22-11-15-25(34)16-12-22)28(35)32-23-7-5-4-6-8-23/h9-20,23,27,34H,3-8H2,1-2H3,(H,32,35)/t20-,27+/m1/s1. The van der Waals surface area contributed by atoms with Crippen LogP contribution in [0.3, 0.4) is 0 Å². The molecule has 1 fully saturated rings. The molecular formula is C29H34N4O3. The third-order valence-corrected chi connectivity index (χ3v) is 7.02. The summed E-state index contributed by atoms with van der Waals surface area (Å²) in [4.78, 5) is 37.5. The Bertz CT molecular complexity index is 1140. The smallest absolute Gasteiger partial charge is 0.279 e. The van der Waals surface area contributed by atoms with Gasteiger partial charge >= 0.3 is 0 Å². The van der Waals surface area contributed by atoms with Gasteiger partial charge in [0.15, 0.2) is 0 Å². The number of phenolic OH excluding ortho intramolecular Hbond substituents is 1. The lowest BCUT2D eigenvalue weighted by molar-refractivity contribution is -0.123. The first kappa shape index (κ1) is 25.4. The molecule has 2 N–H and O–H groups in total. The van der Waals surface area contributed by atoms with Crippen molar-refractivity contribution < 1.29 is 14.7 Å². The molecule has 1 aliphatic rings. The quantitative estimate of drug-likeness (QED) is 0.436. The SMILES string of the molecule is CC[C@@H](C)c1ccc(N(C(=O)c2cnccn2)[C@H](C(=O)NC2CCCCC2)c2ccc(O)cc2)cc1. The van der Waals surface area contributed by atoms with Crippen molar-refractivity contribution >= 4 is 17.5 Å². The second-order valence-corrected chi connectivity index (χ2v) is 9.50. The monoisotopic (exact) mass is 486 g/mol. The molecule has 7 heteroatoms. The fourth-order valence-corrected chi connectivity index (χ4v) is 4.72. The van der Waals surface area contributed by atoms with E-state index in [-0.39, 0.29) is 23.4 Å². The number of hydrogen-bond donors (Lipinski definition) is 2.